The fourth-order valence-corrected chi connectivity index (χ4v) is 2.01. The monoisotopic (exact) mass is 380 g/mol. The van der Waals surface area contributed by atoms with E-state index in [0.717, 1.165) is 12.1 Å². The summed E-state index contributed by atoms with van der Waals surface area (Å²) in [6.07, 6.45) is -9.02. The van der Waals surface area contributed by atoms with E-state index in [0.29, 0.717) is 12.3 Å². The quantitative estimate of drug-likeness (QED) is 0.749. The molecule has 2 rings (SSSR count). The van der Waals surface area contributed by atoms with Crippen molar-refractivity contribution in [1.82, 2.24) is 4.98 Å². The molecule has 0 aliphatic carbocycles. The predicted octanol–water partition coefficient (Wildman–Crippen LogP) is 4.75. The topological polar surface area (TPSA) is 71.5 Å². The fraction of sp³-hybridized carbons (Fsp3) is 0.200. The van der Waals surface area contributed by atoms with Crippen LogP contribution in [0, 0.1) is 6.92 Å². The van der Waals surface area contributed by atoms with Gasteiger partial charge in [0.05, 0.1) is 17.4 Å². The number of anilines is 2. The number of pyridine rings is 1. The van der Waals surface area contributed by atoms with Crippen LogP contribution in [0.3, 0.4) is 0 Å². The van der Waals surface area contributed by atoms with Crippen molar-refractivity contribution < 1.29 is 41.0 Å². The molecule has 11 heteroatoms. The summed E-state index contributed by atoms with van der Waals surface area (Å²) in [6.45, 7) is 1.41. The molecule has 2 aromatic rings. The Labute approximate surface area is 142 Å². The minimum absolute atomic E-state index is 0.170. The van der Waals surface area contributed by atoms with Gasteiger partial charge in [-0.05, 0) is 36.8 Å². The number of nitrogens with one attached hydrogen (secondary N) is 1. The molecule has 0 radical (unpaired) electrons. The summed E-state index contributed by atoms with van der Waals surface area (Å²) in [7, 11) is 0. The summed E-state index contributed by atoms with van der Waals surface area (Å²) in [5.74, 6) is -2.13. The molecule has 1 aromatic carbocycles. The second kappa shape index (κ2) is 6.73. The van der Waals surface area contributed by atoms with Gasteiger partial charge in [-0.3, -0.25) is 0 Å². The smallest absolute Gasteiger partial charge is 0.478 e. The zero-order chi connectivity index (χ0) is 19.7. The van der Waals surface area contributed by atoms with Crippen LogP contribution in [0.4, 0.5) is 37.7 Å². The Bertz CT molecular complexity index is 833. The molecule has 0 aliphatic heterocycles. The highest BCUT2D eigenvalue weighted by Crippen LogP contribution is 2.32. The summed E-state index contributed by atoms with van der Waals surface area (Å²) in [5.41, 5.74) is -1.92. The number of aromatic carboxylic acids is 1. The second-order valence-corrected chi connectivity index (χ2v) is 5.07. The number of alkyl halides is 6. The molecule has 2 N–H and O–H groups in total. The molecule has 0 amide bonds. The number of carbonyl (C=O) groups is 1. The van der Waals surface area contributed by atoms with Crippen molar-refractivity contribution in [3.05, 3.63) is 47.3 Å². The molecule has 0 bridgehead atoms. The first-order valence-corrected chi connectivity index (χ1v) is 6.81. The van der Waals surface area contributed by atoms with Gasteiger partial charge in [0, 0.05) is 5.69 Å². The maximum Gasteiger partial charge on any atom is 0.573 e. The van der Waals surface area contributed by atoms with Gasteiger partial charge in [-0.25, -0.2) is 9.78 Å². The molecule has 0 unspecified atom stereocenters. The standard InChI is InChI=1S/C15H10F6N2O3/c1-7-4-8(26-15(19,20)21)2-3-10(7)23-11-6-22-12(14(16,17)18)5-9(11)13(24)25/h2-6,23H,1H3,(H,24,25). The Morgan fingerprint density at radius 3 is 2.27 bits per heavy atom. The van der Waals surface area contributed by atoms with Crippen molar-refractivity contribution in [2.45, 2.75) is 19.5 Å². The van der Waals surface area contributed by atoms with Crippen LogP contribution < -0.4 is 10.1 Å². The Morgan fingerprint density at radius 1 is 1.12 bits per heavy atom. The van der Waals surface area contributed by atoms with Gasteiger partial charge in [-0.1, -0.05) is 0 Å². The molecule has 1 aromatic heterocycles. The van der Waals surface area contributed by atoms with Gasteiger partial charge in [0.15, 0.2) is 0 Å². The van der Waals surface area contributed by atoms with Crippen molar-refractivity contribution in [1.29, 1.82) is 0 Å². The maximum atomic E-state index is 12.7. The molecule has 0 spiro atoms. The van der Waals surface area contributed by atoms with Crippen LogP contribution >= 0.6 is 0 Å². The summed E-state index contributed by atoms with van der Waals surface area (Å²) >= 11 is 0. The van der Waals surface area contributed by atoms with Crippen LogP contribution in [0.25, 0.3) is 0 Å². The van der Waals surface area contributed by atoms with Crippen molar-refractivity contribution in [2.24, 2.45) is 0 Å². The number of nitrogens with zero attached hydrogens (tertiary/aromatic N) is 1. The Hall–Kier alpha value is -2.98. The maximum absolute atomic E-state index is 12.7. The van der Waals surface area contributed by atoms with Gasteiger partial charge in [0.1, 0.15) is 11.4 Å². The number of hydrogen-bond donors (Lipinski definition) is 2. The van der Waals surface area contributed by atoms with E-state index in [2.05, 4.69) is 15.0 Å². The lowest BCUT2D eigenvalue weighted by Crippen LogP contribution is -2.17. The Balaban J connectivity index is 2.35. The molecule has 26 heavy (non-hydrogen) atoms. The Kier molecular flexibility index (Phi) is 5.01. The molecule has 5 nitrogen and oxygen atoms in total. The van der Waals surface area contributed by atoms with Gasteiger partial charge in [0.2, 0.25) is 0 Å². The van der Waals surface area contributed by atoms with Gasteiger partial charge in [-0.15, -0.1) is 13.2 Å². The van der Waals surface area contributed by atoms with Gasteiger partial charge in [-0.2, -0.15) is 13.2 Å². The SMILES string of the molecule is Cc1cc(OC(F)(F)F)ccc1Nc1cnc(C(F)(F)F)cc1C(=O)O. The molecule has 1 heterocycles. The third kappa shape index (κ3) is 4.77. The number of aryl methyl sites for hydroxylation is 1. The van der Waals surface area contributed by atoms with Gasteiger partial charge >= 0.3 is 18.5 Å². The van der Waals surface area contributed by atoms with E-state index >= 15 is 0 Å². The number of aromatic nitrogens is 1. The first-order valence-electron chi connectivity index (χ1n) is 6.81. The van der Waals surface area contributed by atoms with Crippen molar-refractivity contribution in [2.75, 3.05) is 5.32 Å². The van der Waals surface area contributed by atoms with E-state index in [1.54, 1.807) is 0 Å². The lowest BCUT2D eigenvalue weighted by Gasteiger charge is -2.15. The predicted molar refractivity (Wildman–Crippen MR) is 77.3 cm³/mol. The van der Waals surface area contributed by atoms with Crippen molar-refractivity contribution in [3.8, 4) is 5.75 Å². The summed E-state index contributed by atoms with van der Waals surface area (Å²) in [4.78, 5) is 14.4. The highest BCUT2D eigenvalue weighted by atomic mass is 19.4. The lowest BCUT2D eigenvalue weighted by molar-refractivity contribution is -0.274. The van der Waals surface area contributed by atoms with Crippen LogP contribution in [-0.4, -0.2) is 22.4 Å². The minimum atomic E-state index is -4.88. The largest absolute Gasteiger partial charge is 0.573 e. The zero-order valence-electron chi connectivity index (χ0n) is 12.9. The number of carboxylic acid groups (broad SMARTS) is 1. The van der Waals surface area contributed by atoms with Gasteiger partial charge in [0.25, 0.3) is 0 Å². The Morgan fingerprint density at radius 2 is 1.77 bits per heavy atom. The van der Waals surface area contributed by atoms with E-state index in [9.17, 15) is 31.1 Å². The summed E-state index contributed by atoms with van der Waals surface area (Å²) in [6, 6.07) is 3.54. The second-order valence-electron chi connectivity index (χ2n) is 5.07. The molecule has 140 valence electrons. The highest BCUT2D eigenvalue weighted by molar-refractivity contribution is 5.95. The minimum Gasteiger partial charge on any atom is -0.478 e. The lowest BCUT2D eigenvalue weighted by atomic mass is 10.1. The first-order chi connectivity index (χ1) is 11.9. The van der Waals surface area contributed by atoms with Crippen LogP contribution in [0.15, 0.2) is 30.5 Å². The first kappa shape index (κ1) is 19.3. The molecule has 0 saturated carbocycles. The molecule has 0 aliphatic rings. The fourth-order valence-electron chi connectivity index (χ4n) is 2.01. The summed E-state index contributed by atoms with van der Waals surface area (Å²) < 4.78 is 78.3. The molecular weight excluding hydrogens is 370 g/mol. The average Bonchev–Trinajstić information content (AvgIpc) is 2.47. The average molecular weight is 380 g/mol. The van der Waals surface area contributed by atoms with Crippen molar-refractivity contribution in [3.63, 3.8) is 0 Å². The van der Waals surface area contributed by atoms with E-state index in [1.807, 2.05) is 0 Å². The normalized spacial score (nSPS) is 12.0. The molecule has 0 saturated heterocycles. The van der Waals surface area contributed by atoms with E-state index < -0.39 is 35.5 Å². The van der Waals surface area contributed by atoms with Crippen molar-refractivity contribution >= 4 is 17.3 Å². The van der Waals surface area contributed by atoms with Crippen LogP contribution in [-0.2, 0) is 6.18 Å². The van der Waals surface area contributed by atoms with E-state index in [4.69, 9.17) is 5.11 Å². The van der Waals surface area contributed by atoms with E-state index in [-0.39, 0.29) is 16.9 Å². The van der Waals surface area contributed by atoms with Gasteiger partial charge < -0.3 is 15.2 Å². The number of carboxylic acids is 1. The molecule has 0 fully saturated rings. The highest BCUT2D eigenvalue weighted by Gasteiger charge is 2.34. The number of benzene rings is 1. The third-order valence-electron chi connectivity index (χ3n) is 3.13. The molecular formula is C15H10F6N2O3. The number of halogens is 6. The number of hydrogen-bond acceptors (Lipinski definition) is 4. The van der Waals surface area contributed by atoms with Crippen LogP contribution in [0.1, 0.15) is 21.6 Å². The number of ether oxygens (including phenoxy) is 1. The molecule has 0 atom stereocenters. The number of rotatable bonds is 4. The van der Waals surface area contributed by atoms with Crippen LogP contribution in [0.5, 0.6) is 5.75 Å². The van der Waals surface area contributed by atoms with E-state index in [1.165, 1.54) is 13.0 Å². The zero-order valence-corrected chi connectivity index (χ0v) is 12.9. The third-order valence-corrected chi connectivity index (χ3v) is 3.13. The summed E-state index contributed by atoms with van der Waals surface area (Å²) in [5, 5.41) is 11.6. The van der Waals surface area contributed by atoms with Crippen LogP contribution in [0.2, 0.25) is 0 Å².